The van der Waals surface area contributed by atoms with E-state index in [-0.39, 0.29) is 26.4 Å². The summed E-state index contributed by atoms with van der Waals surface area (Å²) in [6.07, 6.45) is -15.7. The second kappa shape index (κ2) is 25.9. The average molecular weight is 965 g/mol. The molecule has 67 heavy (non-hydrogen) atoms. The van der Waals surface area contributed by atoms with E-state index in [1.54, 1.807) is 0 Å². The lowest BCUT2D eigenvalue weighted by atomic mass is 9.89. The molecule has 3 fully saturated rings. The van der Waals surface area contributed by atoms with Crippen LogP contribution in [0.25, 0.3) is 0 Å². The van der Waals surface area contributed by atoms with E-state index in [9.17, 15) is 17.8 Å². The Balaban J connectivity index is 1.31. The fourth-order valence-electron chi connectivity index (χ4n) is 8.76. The molecule has 1 N–H and O–H groups in total. The quantitative estimate of drug-likeness (QED) is 0.101. The second-order valence-electron chi connectivity index (χ2n) is 16.1. The molecule has 20 heteroatoms. The first-order valence-electron chi connectivity index (χ1n) is 21.8. The van der Waals surface area contributed by atoms with Crippen molar-refractivity contribution in [1.82, 2.24) is 0 Å². The molecule has 15 atom stereocenters. The van der Waals surface area contributed by atoms with E-state index in [1.165, 1.54) is 49.8 Å². The Labute approximate surface area is 392 Å². The minimum absolute atomic E-state index is 0.0230. The van der Waals surface area contributed by atoms with Gasteiger partial charge < -0.3 is 71.1 Å². The summed E-state index contributed by atoms with van der Waals surface area (Å²) >= 11 is 0. The number of carbonyl (C=O) groups excluding carboxylic acids is 1. The normalized spacial score (nSPS) is 32.4. The molecule has 0 spiro atoms. The van der Waals surface area contributed by atoms with Crippen molar-refractivity contribution in [3.05, 3.63) is 108 Å². The van der Waals surface area contributed by atoms with Crippen LogP contribution in [0.4, 0.5) is 0 Å². The summed E-state index contributed by atoms with van der Waals surface area (Å²) in [5.74, 6) is -2.91. The molecule has 6 rings (SSSR count). The van der Waals surface area contributed by atoms with Crippen molar-refractivity contribution in [2.75, 3.05) is 68.7 Å². The summed E-state index contributed by atoms with van der Waals surface area (Å²) < 4.78 is 128. The van der Waals surface area contributed by atoms with Crippen LogP contribution in [-0.2, 0) is 106 Å². The van der Waals surface area contributed by atoms with E-state index in [2.05, 4.69) is 0 Å². The molecule has 0 aliphatic carbocycles. The topological polar surface area (TPSA) is 210 Å². The molecule has 3 aliphatic heterocycles. The number of ether oxygens (including phenoxy) is 15. The van der Waals surface area contributed by atoms with Gasteiger partial charge in [-0.3, -0.25) is 4.55 Å². The summed E-state index contributed by atoms with van der Waals surface area (Å²) in [6, 6.07) is 28.2. The van der Waals surface area contributed by atoms with E-state index in [4.69, 9.17) is 71.1 Å². The van der Waals surface area contributed by atoms with Crippen LogP contribution in [0, 0.1) is 5.92 Å². The molecule has 0 saturated carbocycles. The molecule has 3 aliphatic rings. The summed E-state index contributed by atoms with van der Waals surface area (Å²) in [4.78, 5) is 13.9. The third kappa shape index (κ3) is 13.8. The fraction of sp³-hybridized carbons (Fsp3) is 0.596. The van der Waals surface area contributed by atoms with Gasteiger partial charge in [0.2, 0.25) is 0 Å². The zero-order valence-electron chi connectivity index (χ0n) is 38.8. The molecule has 0 aromatic heterocycles. The van der Waals surface area contributed by atoms with E-state index >= 15 is 0 Å². The average Bonchev–Trinajstić information content (AvgIpc) is 3.34. The molecule has 19 nitrogen and oxygen atoms in total. The second-order valence-corrected chi connectivity index (χ2v) is 17.6. The van der Waals surface area contributed by atoms with Gasteiger partial charge in [-0.15, -0.1) is 0 Å². The Bertz CT molecular complexity index is 2000. The maximum absolute atomic E-state index is 13.9. The van der Waals surface area contributed by atoms with Gasteiger partial charge in [0.05, 0.1) is 52.0 Å². The first kappa shape index (κ1) is 52.8. The highest BCUT2D eigenvalue weighted by Crippen LogP contribution is 2.39. The predicted octanol–water partition coefficient (Wildman–Crippen LogP) is 3.35. The number of carbonyl (C=O) groups is 1. The highest BCUT2D eigenvalue weighted by atomic mass is 32.2. The van der Waals surface area contributed by atoms with Crippen LogP contribution >= 0.6 is 0 Å². The Morgan fingerprint density at radius 3 is 1.40 bits per heavy atom. The minimum Gasteiger partial charge on any atom is -0.467 e. The smallest absolute Gasteiger partial charge is 0.337 e. The Hall–Kier alpha value is -3.52. The predicted molar refractivity (Wildman–Crippen MR) is 236 cm³/mol. The third-order valence-corrected chi connectivity index (χ3v) is 12.8. The van der Waals surface area contributed by atoms with Crippen LogP contribution in [0.1, 0.15) is 16.7 Å². The zero-order chi connectivity index (χ0) is 47.9. The van der Waals surface area contributed by atoms with Gasteiger partial charge in [-0.25, -0.2) is 4.79 Å². The summed E-state index contributed by atoms with van der Waals surface area (Å²) in [7, 11) is 5.10. The summed E-state index contributed by atoms with van der Waals surface area (Å²) in [5.41, 5.74) is 2.59. The SMILES string of the molecule is COC(=O)[C@H]1O[C@@H](O[C@H]2[C@H](CS(=O)(=O)O)[C@@H](OCc3ccccc3)[C@@H](OC)O[C@@H]2COCc2ccccc2)[C@H](OC)[C@@H](OC)[C@@H]1O[C@H]1O[C@H](COCc2ccccc2)[C@@H](OC)[C@H](OC)[C@H]1OC. The van der Waals surface area contributed by atoms with E-state index < -0.39 is 114 Å². The van der Waals surface area contributed by atoms with Gasteiger partial charge in [0.1, 0.15) is 54.9 Å². The first-order chi connectivity index (χ1) is 32.5. The van der Waals surface area contributed by atoms with Crippen molar-refractivity contribution in [3.63, 3.8) is 0 Å². The fourth-order valence-corrected chi connectivity index (χ4v) is 9.63. The van der Waals surface area contributed by atoms with Crippen molar-refractivity contribution in [2.24, 2.45) is 5.92 Å². The van der Waals surface area contributed by atoms with Crippen LogP contribution < -0.4 is 0 Å². The zero-order valence-corrected chi connectivity index (χ0v) is 39.6. The van der Waals surface area contributed by atoms with Crippen molar-refractivity contribution in [1.29, 1.82) is 0 Å². The summed E-state index contributed by atoms with van der Waals surface area (Å²) in [5, 5.41) is 0. The lowest BCUT2D eigenvalue weighted by Crippen LogP contribution is -2.68. The largest absolute Gasteiger partial charge is 0.467 e. The molecule has 372 valence electrons. The lowest BCUT2D eigenvalue weighted by molar-refractivity contribution is -0.378. The maximum atomic E-state index is 13.9. The number of hydrogen-bond donors (Lipinski definition) is 1. The Morgan fingerprint density at radius 1 is 0.507 bits per heavy atom. The molecule has 0 bridgehead atoms. The lowest BCUT2D eigenvalue weighted by Gasteiger charge is -2.50. The molecule has 0 amide bonds. The number of esters is 1. The molecular formula is C47H64O19S. The monoisotopic (exact) mass is 964 g/mol. The van der Waals surface area contributed by atoms with Crippen LogP contribution in [0.2, 0.25) is 0 Å². The molecule has 3 saturated heterocycles. The highest BCUT2D eigenvalue weighted by molar-refractivity contribution is 7.85. The van der Waals surface area contributed by atoms with Crippen LogP contribution in [0.3, 0.4) is 0 Å². The van der Waals surface area contributed by atoms with Gasteiger partial charge >= 0.3 is 5.97 Å². The molecule has 3 heterocycles. The molecule has 0 radical (unpaired) electrons. The number of benzene rings is 3. The molecule has 0 unspecified atom stereocenters. The van der Waals surface area contributed by atoms with Crippen molar-refractivity contribution >= 4 is 16.1 Å². The van der Waals surface area contributed by atoms with Crippen LogP contribution in [0.15, 0.2) is 91.0 Å². The van der Waals surface area contributed by atoms with Gasteiger partial charge in [-0.05, 0) is 16.7 Å². The first-order valence-corrected chi connectivity index (χ1v) is 23.4. The summed E-state index contributed by atoms with van der Waals surface area (Å²) in [6.45, 7) is 0.405. The Morgan fingerprint density at radius 2 is 0.940 bits per heavy atom. The van der Waals surface area contributed by atoms with Crippen molar-refractivity contribution in [3.8, 4) is 0 Å². The van der Waals surface area contributed by atoms with E-state index in [1.807, 2.05) is 91.0 Å². The molecular weight excluding hydrogens is 901 g/mol. The van der Waals surface area contributed by atoms with Crippen LogP contribution in [0.5, 0.6) is 0 Å². The van der Waals surface area contributed by atoms with Gasteiger partial charge in [0, 0.05) is 48.6 Å². The van der Waals surface area contributed by atoms with Gasteiger partial charge in [0.25, 0.3) is 10.1 Å². The minimum atomic E-state index is -4.72. The van der Waals surface area contributed by atoms with Gasteiger partial charge in [-0.1, -0.05) is 91.0 Å². The molecule has 3 aromatic rings. The number of methoxy groups -OCH3 is 7. The van der Waals surface area contributed by atoms with Crippen molar-refractivity contribution in [2.45, 2.75) is 106 Å². The van der Waals surface area contributed by atoms with E-state index in [0.717, 1.165) is 16.7 Å². The number of rotatable bonds is 24. The Kier molecular flexibility index (Phi) is 20.4. The van der Waals surface area contributed by atoms with Crippen molar-refractivity contribution < 1.29 is 88.8 Å². The highest BCUT2D eigenvalue weighted by Gasteiger charge is 2.58. The third-order valence-electron chi connectivity index (χ3n) is 12.0. The van der Waals surface area contributed by atoms with Crippen LogP contribution in [-0.4, -0.2) is 174 Å². The van der Waals surface area contributed by atoms with Gasteiger partial charge in [0.15, 0.2) is 25.0 Å². The van der Waals surface area contributed by atoms with E-state index in [0.29, 0.717) is 6.61 Å². The molecule has 3 aromatic carbocycles. The standard InChI is InChI=1S/C47H64O19S/c1-52-37-34(27-60-24-30-19-13-9-14-20-30)63-46(42(55-4)38(37)53-2)65-40-39(54-3)43(56-5)47(66-41(40)44(48)57-6)64-35-32(28-67(49,50)51)36(61-25-31-21-15-10-16-22-31)45(58-7)62-33(35)26-59-23-29-17-11-8-12-18-29/h8-22,32-43,45-47H,23-28H2,1-7H3,(H,49,50,51)/t32-,33+,34+,35-,36+,37+,38-,39-,40-,41-,42+,43+,45-,46+,47+/m0/s1. The maximum Gasteiger partial charge on any atom is 0.337 e. The van der Waals surface area contributed by atoms with Gasteiger partial charge in [-0.2, -0.15) is 8.42 Å². The number of hydrogen-bond acceptors (Lipinski definition) is 18.